The lowest BCUT2D eigenvalue weighted by molar-refractivity contribution is -0.398. The Bertz CT molecular complexity index is 1900. The van der Waals surface area contributed by atoms with Crippen LogP contribution >= 0.6 is 0 Å². The smallest absolute Gasteiger partial charge is 0.187 e. The number of rotatable bonds is 11. The lowest BCUT2D eigenvalue weighted by Gasteiger charge is -2.50. The predicted molar refractivity (Wildman–Crippen MR) is 246 cm³/mol. The Kier molecular flexibility index (Phi) is 23.1. The largest absolute Gasteiger partial charge is 0.394 e. The summed E-state index contributed by atoms with van der Waals surface area (Å²) in [4.78, 5) is 0. The van der Waals surface area contributed by atoms with Crippen molar-refractivity contribution < 1.29 is 173 Å². The number of aliphatic hydroxyl groups excluding tert-OH is 20. The van der Waals surface area contributed by atoms with Crippen LogP contribution in [0.1, 0.15) is 6.42 Å². The SMILES string of the molecule is NCCCO[C@H]1[C@H]2O[C@H]3[C@H](O)[C@@H](O)[C@@H](O[C@H]4[C@H](O)[C@@H](O)[C@@H](O[C@H]5[C@H](O)[C@@H](O)[C@@H](O[C@H]6[C@H](O)[C@@H](O)[C@@H](O[C@H]7[C@H](O)[C@@H](O)[C@@H](O[C@H]8[C@H](O)[C@@H](O)[C@@H](O[C@@H]([C@@H]1O)[C@@H](CO)O2)O[C@@H]8CO)O[C@@H]7CO)O[C@@H]6CO)O[C@@H]5CO)O[C@@H]4CO)O[C@@H]3CO. The average molecular weight is 1190 g/mol. The van der Waals surface area contributed by atoms with Gasteiger partial charge in [-0.2, -0.15) is 0 Å². The van der Waals surface area contributed by atoms with Gasteiger partial charge in [0.05, 0.1) is 46.2 Å². The van der Waals surface area contributed by atoms with Crippen LogP contribution in [-0.2, 0) is 71.1 Å². The Morgan fingerprint density at radius 2 is 0.432 bits per heavy atom. The van der Waals surface area contributed by atoms with Gasteiger partial charge in [0.25, 0.3) is 0 Å². The van der Waals surface area contributed by atoms with Crippen molar-refractivity contribution >= 4 is 0 Å². The fourth-order valence-electron chi connectivity index (χ4n) is 10.9. The fourth-order valence-corrected chi connectivity index (χ4v) is 10.9. The van der Waals surface area contributed by atoms with Crippen LogP contribution in [0.25, 0.3) is 0 Å². The number of hydrogen-bond acceptors (Lipinski definition) is 36. The minimum absolute atomic E-state index is 0.0643. The highest BCUT2D eigenvalue weighted by Crippen LogP contribution is 2.39. The van der Waals surface area contributed by atoms with Crippen LogP contribution in [0.5, 0.6) is 0 Å². The minimum Gasteiger partial charge on any atom is -0.394 e. The molecule has 0 aromatic rings. The molecule has 15 rings (SSSR count). The van der Waals surface area contributed by atoms with Gasteiger partial charge in [-0.15, -0.1) is 0 Å². The summed E-state index contributed by atoms with van der Waals surface area (Å²) in [7, 11) is 0. The quantitative estimate of drug-likeness (QED) is 0.0854. The molecule has 0 aromatic heterocycles. The molecule has 14 bridgehead atoms. The summed E-state index contributed by atoms with van der Waals surface area (Å²) in [6, 6.07) is 0. The molecule has 15 aliphatic rings. The maximum atomic E-state index is 11.9. The van der Waals surface area contributed by atoms with E-state index >= 15 is 0 Å². The maximum Gasteiger partial charge on any atom is 0.187 e. The molecule has 35 atom stereocenters. The van der Waals surface area contributed by atoms with Gasteiger partial charge in [0, 0.05) is 6.61 Å². The second kappa shape index (κ2) is 28.6. The monoisotopic (exact) mass is 1190 g/mol. The molecule has 22 N–H and O–H groups in total. The number of ether oxygens (including phenoxy) is 15. The second-order valence-electron chi connectivity index (χ2n) is 20.6. The second-order valence-corrected chi connectivity index (χ2v) is 20.6. The number of fused-ring (bicyclic) bond motifs is 7. The Hall–Kier alpha value is -1.44. The third-order valence-corrected chi connectivity index (χ3v) is 15.4. The zero-order valence-electron chi connectivity index (χ0n) is 42.9. The molecule has 0 saturated carbocycles. The fraction of sp³-hybridized carbons (Fsp3) is 1.00. The lowest BCUT2D eigenvalue weighted by atomic mass is 9.95. The Morgan fingerprint density at radius 1 is 0.247 bits per heavy atom. The summed E-state index contributed by atoms with van der Waals surface area (Å²) in [5.74, 6) is 0. The summed E-state index contributed by atoms with van der Waals surface area (Å²) in [5, 5.41) is 222. The molecule has 0 amide bonds. The molecule has 15 heterocycles. The summed E-state index contributed by atoms with van der Waals surface area (Å²) in [6.45, 7) is -7.36. The first-order chi connectivity index (χ1) is 38.7. The van der Waals surface area contributed by atoms with Gasteiger partial charge in [0.1, 0.15) is 171 Å². The molecule has 15 fully saturated rings. The van der Waals surface area contributed by atoms with Crippen molar-refractivity contribution in [1.29, 1.82) is 0 Å². The van der Waals surface area contributed by atoms with Gasteiger partial charge in [-0.1, -0.05) is 0 Å². The minimum atomic E-state index is -2.21. The zero-order valence-corrected chi connectivity index (χ0v) is 42.9. The summed E-state index contributed by atoms with van der Waals surface area (Å²) >= 11 is 0. The average Bonchev–Trinajstić information content (AvgIpc) is 3.59. The molecule has 15 saturated heterocycles. The molecule has 0 aliphatic carbocycles. The van der Waals surface area contributed by atoms with Gasteiger partial charge < -0.3 is 179 Å². The van der Waals surface area contributed by atoms with Crippen molar-refractivity contribution in [3.63, 3.8) is 0 Å². The van der Waals surface area contributed by atoms with E-state index in [9.17, 15) is 102 Å². The van der Waals surface area contributed by atoms with Crippen molar-refractivity contribution in [3.8, 4) is 0 Å². The lowest BCUT2D eigenvalue weighted by Crippen LogP contribution is -2.68. The molecule has 81 heavy (non-hydrogen) atoms. The highest BCUT2D eigenvalue weighted by molar-refractivity contribution is 5.02. The van der Waals surface area contributed by atoms with Crippen LogP contribution in [-0.4, -0.2) is 376 Å². The van der Waals surface area contributed by atoms with E-state index < -0.39 is 261 Å². The summed E-state index contributed by atoms with van der Waals surface area (Å²) in [6.07, 6.45) is -68.7. The van der Waals surface area contributed by atoms with Crippen molar-refractivity contribution in [2.45, 2.75) is 221 Å². The Labute approximate surface area is 459 Å². The van der Waals surface area contributed by atoms with Gasteiger partial charge in [0.2, 0.25) is 0 Å². The topological polar surface area (TPSA) is 569 Å². The van der Waals surface area contributed by atoms with Crippen LogP contribution in [0.4, 0.5) is 0 Å². The van der Waals surface area contributed by atoms with Crippen molar-refractivity contribution in [3.05, 3.63) is 0 Å². The molecule has 472 valence electrons. The van der Waals surface area contributed by atoms with E-state index in [1.807, 2.05) is 0 Å². The van der Waals surface area contributed by atoms with Gasteiger partial charge in [-0.3, -0.25) is 0 Å². The first-order valence-corrected chi connectivity index (χ1v) is 26.3. The van der Waals surface area contributed by atoms with Crippen molar-refractivity contribution in [2.75, 3.05) is 59.4 Å². The molecule has 36 nitrogen and oxygen atoms in total. The Balaban J connectivity index is 1.10. The molecular formula is C45H77NO35. The van der Waals surface area contributed by atoms with Gasteiger partial charge in [-0.05, 0) is 13.0 Å². The number of hydrogen-bond donors (Lipinski definition) is 21. The van der Waals surface area contributed by atoms with Crippen molar-refractivity contribution in [1.82, 2.24) is 0 Å². The van der Waals surface area contributed by atoms with E-state index in [0.717, 1.165) is 0 Å². The predicted octanol–water partition coefficient (Wildman–Crippen LogP) is -14.9. The molecule has 0 aromatic carbocycles. The van der Waals surface area contributed by atoms with Crippen LogP contribution < -0.4 is 5.73 Å². The normalized spacial score (nSPS) is 53.2. The van der Waals surface area contributed by atoms with E-state index in [0.29, 0.717) is 0 Å². The highest BCUT2D eigenvalue weighted by Gasteiger charge is 2.60. The molecular weight excluding hydrogens is 1110 g/mol. The van der Waals surface area contributed by atoms with E-state index in [4.69, 9.17) is 76.8 Å². The first kappa shape index (κ1) is 65.5. The van der Waals surface area contributed by atoms with Crippen LogP contribution in [0, 0.1) is 0 Å². The molecule has 0 spiro atoms. The number of nitrogens with two attached hydrogens (primary N) is 1. The molecule has 36 heteroatoms. The third-order valence-electron chi connectivity index (χ3n) is 15.4. The summed E-state index contributed by atoms with van der Waals surface area (Å²) < 4.78 is 86.8. The highest BCUT2D eigenvalue weighted by atomic mass is 16.8. The van der Waals surface area contributed by atoms with E-state index in [1.165, 1.54) is 0 Å². The zero-order chi connectivity index (χ0) is 58.9. The van der Waals surface area contributed by atoms with Crippen LogP contribution in [0.3, 0.4) is 0 Å². The van der Waals surface area contributed by atoms with Gasteiger partial charge in [0.15, 0.2) is 44.0 Å². The number of aliphatic hydroxyl groups is 20. The van der Waals surface area contributed by atoms with Crippen LogP contribution in [0.15, 0.2) is 0 Å². The molecule has 0 radical (unpaired) electrons. The van der Waals surface area contributed by atoms with E-state index in [1.54, 1.807) is 0 Å². The summed E-state index contributed by atoms with van der Waals surface area (Å²) in [5.41, 5.74) is 5.67. The van der Waals surface area contributed by atoms with Gasteiger partial charge >= 0.3 is 0 Å². The van der Waals surface area contributed by atoms with Crippen molar-refractivity contribution in [2.24, 2.45) is 5.73 Å². The standard InChI is InChI=1S/C45H77NO35/c46-2-1-3-67-38-30(66)37-17(10-53)74-45(38)81-36-16(9-52)73-43(29(65)23(36)59)79-34-14(7-50)71-41(27(63)21(34)57)77-32-12(5-48)69-39(25(61)19(32)55)75-31-11(4-47)68-40(24(60)18(31)54)76-33-13(6-49)70-42(26(62)20(33)56)78-35-15(8-51)72-44(80-37)28(64)22(35)58/h11-45,47-66H,1-10,46H2/t11-,12-,13-,14-,15-,16-,17-,18-,19-,20-,21-,22-,23-,24-,25-,26-,27-,28-,29-,30+,31-,32-,33-,34-,35-,36-,37-,38-,39-,40-,41-,42-,43-,44-,45-/m1/s1. The Morgan fingerprint density at radius 3 is 0.630 bits per heavy atom. The van der Waals surface area contributed by atoms with Crippen LogP contribution in [0.2, 0.25) is 0 Å². The third kappa shape index (κ3) is 13.4. The maximum absolute atomic E-state index is 11.9. The van der Waals surface area contributed by atoms with E-state index in [-0.39, 0.29) is 19.6 Å². The van der Waals surface area contributed by atoms with Gasteiger partial charge in [-0.25, -0.2) is 0 Å². The van der Waals surface area contributed by atoms with E-state index in [2.05, 4.69) is 0 Å². The first-order valence-electron chi connectivity index (χ1n) is 26.3. The molecule has 0 unspecified atom stereocenters. The molecule has 15 aliphatic heterocycles.